The molecule has 0 aliphatic carbocycles. The van der Waals surface area contributed by atoms with Crippen molar-refractivity contribution in [2.45, 2.75) is 13.5 Å². The van der Waals surface area contributed by atoms with Gasteiger partial charge in [0.25, 0.3) is 5.91 Å². The summed E-state index contributed by atoms with van der Waals surface area (Å²) >= 11 is 0. The number of methoxy groups -OCH3 is 2. The van der Waals surface area contributed by atoms with Gasteiger partial charge in [-0.1, -0.05) is 48.0 Å². The highest BCUT2D eigenvalue weighted by Gasteiger charge is 2.35. The van der Waals surface area contributed by atoms with Crippen molar-refractivity contribution in [2.24, 2.45) is 0 Å². The maximum absolute atomic E-state index is 12.9. The molecule has 9 nitrogen and oxygen atoms in total. The Kier molecular flexibility index (Phi) is 7.73. The summed E-state index contributed by atoms with van der Waals surface area (Å²) in [5.74, 6) is 0.341. The van der Waals surface area contributed by atoms with Gasteiger partial charge in [0.15, 0.2) is 11.5 Å². The molecule has 3 aromatic rings. The molecular formula is C28H27N3O6. The summed E-state index contributed by atoms with van der Waals surface area (Å²) in [6.07, 6.45) is 1.52. The minimum absolute atomic E-state index is 0.0468. The van der Waals surface area contributed by atoms with Crippen molar-refractivity contribution < 1.29 is 28.6 Å². The number of rotatable bonds is 9. The van der Waals surface area contributed by atoms with Crippen LogP contribution in [0.4, 0.5) is 10.5 Å². The third kappa shape index (κ3) is 6.07. The van der Waals surface area contributed by atoms with Crippen LogP contribution in [0.25, 0.3) is 6.08 Å². The minimum Gasteiger partial charge on any atom is -0.495 e. The predicted molar refractivity (Wildman–Crippen MR) is 138 cm³/mol. The molecule has 4 amide bonds. The molecule has 3 aromatic carbocycles. The first kappa shape index (κ1) is 25.3. The first-order valence-corrected chi connectivity index (χ1v) is 11.5. The van der Waals surface area contributed by atoms with E-state index in [2.05, 4.69) is 10.6 Å². The first-order chi connectivity index (χ1) is 17.9. The highest BCUT2D eigenvalue weighted by molar-refractivity contribution is 6.16. The van der Waals surface area contributed by atoms with Gasteiger partial charge in [-0.2, -0.15) is 0 Å². The number of imide groups is 1. The molecule has 4 rings (SSSR count). The second kappa shape index (κ2) is 11.3. The molecule has 1 heterocycles. The largest absolute Gasteiger partial charge is 0.495 e. The summed E-state index contributed by atoms with van der Waals surface area (Å²) < 4.78 is 16.6. The van der Waals surface area contributed by atoms with Crippen molar-refractivity contribution in [1.82, 2.24) is 10.2 Å². The molecule has 0 spiro atoms. The fraction of sp³-hybridized carbons (Fsp3) is 0.179. The zero-order valence-electron chi connectivity index (χ0n) is 20.7. The molecule has 190 valence electrons. The fourth-order valence-electron chi connectivity index (χ4n) is 3.82. The molecule has 0 aromatic heterocycles. The number of nitrogens with zero attached hydrogens (tertiary/aromatic N) is 1. The molecular weight excluding hydrogens is 474 g/mol. The van der Waals surface area contributed by atoms with Gasteiger partial charge in [0.2, 0.25) is 5.91 Å². The summed E-state index contributed by atoms with van der Waals surface area (Å²) in [6.45, 7) is 1.94. The highest BCUT2D eigenvalue weighted by Crippen LogP contribution is 2.30. The van der Waals surface area contributed by atoms with Gasteiger partial charge >= 0.3 is 6.03 Å². The molecule has 0 radical (unpaired) electrons. The summed E-state index contributed by atoms with van der Waals surface area (Å²) in [5.41, 5.74) is 3.27. The topological polar surface area (TPSA) is 106 Å². The Morgan fingerprint density at radius 3 is 2.49 bits per heavy atom. The zero-order valence-corrected chi connectivity index (χ0v) is 20.7. The lowest BCUT2D eigenvalue weighted by atomic mass is 10.1. The number of para-hydroxylation sites is 2. The van der Waals surface area contributed by atoms with E-state index in [4.69, 9.17) is 14.2 Å². The van der Waals surface area contributed by atoms with E-state index in [1.807, 2.05) is 31.2 Å². The molecule has 1 aliphatic rings. The average Bonchev–Trinajstić information content (AvgIpc) is 3.15. The Hall–Kier alpha value is -4.79. The Morgan fingerprint density at radius 2 is 1.73 bits per heavy atom. The maximum atomic E-state index is 12.9. The van der Waals surface area contributed by atoms with E-state index in [0.717, 1.165) is 16.0 Å². The second-order valence-corrected chi connectivity index (χ2v) is 8.32. The van der Waals surface area contributed by atoms with Gasteiger partial charge in [-0.25, -0.2) is 9.69 Å². The predicted octanol–water partition coefficient (Wildman–Crippen LogP) is 4.12. The molecule has 37 heavy (non-hydrogen) atoms. The lowest BCUT2D eigenvalue weighted by Crippen LogP contribution is -2.38. The second-order valence-electron chi connectivity index (χ2n) is 8.32. The van der Waals surface area contributed by atoms with Crippen LogP contribution >= 0.6 is 0 Å². The molecule has 0 saturated carbocycles. The number of hydrogen-bond donors (Lipinski definition) is 2. The summed E-state index contributed by atoms with van der Waals surface area (Å²) in [6, 6.07) is 19.4. The van der Waals surface area contributed by atoms with E-state index in [0.29, 0.717) is 35.1 Å². The third-order valence-corrected chi connectivity index (χ3v) is 5.62. The van der Waals surface area contributed by atoms with Crippen molar-refractivity contribution in [2.75, 3.05) is 26.1 Å². The van der Waals surface area contributed by atoms with Crippen LogP contribution in [0.5, 0.6) is 17.2 Å². The van der Waals surface area contributed by atoms with Gasteiger partial charge in [0, 0.05) is 0 Å². The number of urea groups is 1. The molecule has 1 aliphatic heterocycles. The van der Waals surface area contributed by atoms with Crippen LogP contribution in [0.3, 0.4) is 0 Å². The fourth-order valence-corrected chi connectivity index (χ4v) is 3.82. The molecule has 0 bridgehead atoms. The number of nitrogens with one attached hydrogen (secondary N) is 2. The van der Waals surface area contributed by atoms with Crippen LogP contribution in [0.2, 0.25) is 0 Å². The smallest absolute Gasteiger partial charge is 0.329 e. The molecule has 1 fully saturated rings. The van der Waals surface area contributed by atoms with Crippen LogP contribution in [-0.4, -0.2) is 43.5 Å². The van der Waals surface area contributed by atoms with E-state index in [1.165, 1.54) is 20.3 Å². The maximum Gasteiger partial charge on any atom is 0.329 e. The Morgan fingerprint density at radius 1 is 0.946 bits per heavy atom. The number of benzene rings is 3. The summed E-state index contributed by atoms with van der Waals surface area (Å²) in [4.78, 5) is 38.6. The molecule has 1 saturated heterocycles. The van der Waals surface area contributed by atoms with Gasteiger partial charge < -0.3 is 24.8 Å². The number of carbonyl (C=O) groups excluding carboxylic acids is 3. The van der Waals surface area contributed by atoms with Crippen LogP contribution < -0.4 is 24.8 Å². The molecule has 0 atom stereocenters. The number of hydrogen-bond acceptors (Lipinski definition) is 6. The van der Waals surface area contributed by atoms with Crippen molar-refractivity contribution in [3.05, 3.63) is 89.1 Å². The molecule has 9 heteroatoms. The van der Waals surface area contributed by atoms with Gasteiger partial charge in [0.1, 0.15) is 24.6 Å². The number of carbonyl (C=O) groups is 3. The summed E-state index contributed by atoms with van der Waals surface area (Å²) in [5, 5.41) is 5.17. The Bertz CT molecular complexity index is 1370. The Balaban J connectivity index is 1.43. The third-order valence-electron chi connectivity index (χ3n) is 5.62. The van der Waals surface area contributed by atoms with Crippen molar-refractivity contribution in [3.63, 3.8) is 0 Å². The summed E-state index contributed by atoms with van der Waals surface area (Å²) in [7, 11) is 3.01. The lowest BCUT2D eigenvalue weighted by Gasteiger charge is -2.13. The number of amides is 4. The van der Waals surface area contributed by atoms with Crippen LogP contribution in [-0.2, 0) is 16.2 Å². The SMILES string of the molecule is COc1ccccc1NC(=O)CN1C(=O)N/C(=C/c2ccc(OCc3cccc(C)c3)c(OC)c2)C1=O. The van der Waals surface area contributed by atoms with Gasteiger partial charge in [-0.3, -0.25) is 9.59 Å². The van der Waals surface area contributed by atoms with Crippen molar-refractivity contribution in [3.8, 4) is 17.2 Å². The van der Waals surface area contributed by atoms with E-state index in [-0.39, 0.29) is 5.70 Å². The van der Waals surface area contributed by atoms with E-state index < -0.39 is 24.4 Å². The van der Waals surface area contributed by atoms with Crippen LogP contribution in [0.15, 0.2) is 72.4 Å². The molecule has 0 unspecified atom stereocenters. The Labute approximate surface area is 214 Å². The standard InChI is InChI=1S/C28H27N3O6/c1-18-7-6-8-20(13-18)17-37-24-12-11-19(15-25(24)36-3)14-22-27(33)31(28(34)30-22)16-26(32)29-21-9-4-5-10-23(21)35-2/h4-15H,16-17H2,1-3H3,(H,29,32)(H,30,34)/b22-14+. The van der Waals surface area contributed by atoms with Gasteiger partial charge in [0.05, 0.1) is 19.9 Å². The van der Waals surface area contributed by atoms with Crippen LogP contribution in [0.1, 0.15) is 16.7 Å². The normalized spacial score (nSPS) is 13.9. The van der Waals surface area contributed by atoms with E-state index >= 15 is 0 Å². The van der Waals surface area contributed by atoms with Crippen molar-refractivity contribution in [1.29, 1.82) is 0 Å². The lowest BCUT2D eigenvalue weighted by molar-refractivity contribution is -0.127. The number of anilines is 1. The van der Waals surface area contributed by atoms with Crippen molar-refractivity contribution >= 4 is 29.6 Å². The van der Waals surface area contributed by atoms with Gasteiger partial charge in [-0.05, 0) is 48.4 Å². The number of aryl methyl sites for hydroxylation is 1. The highest BCUT2D eigenvalue weighted by atomic mass is 16.5. The molecule has 2 N–H and O–H groups in total. The van der Waals surface area contributed by atoms with E-state index in [1.54, 1.807) is 42.5 Å². The quantitative estimate of drug-likeness (QED) is 0.338. The average molecular weight is 502 g/mol. The van der Waals surface area contributed by atoms with E-state index in [9.17, 15) is 14.4 Å². The zero-order chi connectivity index (χ0) is 26.4. The van der Waals surface area contributed by atoms with Gasteiger partial charge in [-0.15, -0.1) is 0 Å². The number of ether oxygens (including phenoxy) is 3. The monoisotopic (exact) mass is 501 g/mol. The minimum atomic E-state index is -0.684. The first-order valence-electron chi connectivity index (χ1n) is 11.5. The van der Waals surface area contributed by atoms with Crippen LogP contribution in [0, 0.1) is 6.92 Å².